The molecule has 0 spiro atoms. The second-order valence-electron chi connectivity index (χ2n) is 4.99. The zero-order valence-corrected chi connectivity index (χ0v) is 10.9. The van der Waals surface area contributed by atoms with Crippen molar-refractivity contribution in [2.75, 3.05) is 26.2 Å². The van der Waals surface area contributed by atoms with Crippen molar-refractivity contribution in [3.63, 3.8) is 0 Å². The number of piperidine rings is 1. The molecule has 17 heavy (non-hydrogen) atoms. The lowest BCUT2D eigenvalue weighted by Gasteiger charge is -2.31. The second kappa shape index (κ2) is 6.18. The smallest absolute Gasteiger partial charge is 0.00130 e. The Morgan fingerprint density at radius 2 is 1.82 bits per heavy atom. The van der Waals surface area contributed by atoms with Crippen LogP contribution in [0.2, 0.25) is 0 Å². The number of rotatable bonds is 4. The average Bonchev–Trinajstić information content (AvgIpc) is 2.40. The molecule has 1 saturated heterocycles. The van der Waals surface area contributed by atoms with Crippen LogP contribution >= 0.6 is 0 Å². The lowest BCUT2D eigenvalue weighted by atomic mass is 9.89. The molecule has 1 aliphatic heterocycles. The number of nitrogens with zero attached hydrogens (tertiary/aromatic N) is 1. The molecule has 2 heteroatoms. The first-order valence-corrected chi connectivity index (χ1v) is 6.84. The summed E-state index contributed by atoms with van der Waals surface area (Å²) in [7, 11) is 0. The van der Waals surface area contributed by atoms with Gasteiger partial charge in [0.2, 0.25) is 0 Å². The third kappa shape index (κ3) is 3.30. The van der Waals surface area contributed by atoms with Crippen LogP contribution in [-0.2, 0) is 6.42 Å². The summed E-state index contributed by atoms with van der Waals surface area (Å²) in [6, 6.07) is 9.09. The molecule has 2 N–H and O–H groups in total. The molecule has 0 bridgehead atoms. The first kappa shape index (κ1) is 12.6. The zero-order chi connectivity index (χ0) is 12.1. The van der Waals surface area contributed by atoms with Gasteiger partial charge in [0, 0.05) is 0 Å². The summed E-state index contributed by atoms with van der Waals surface area (Å²) in [4.78, 5) is 2.54. The highest BCUT2D eigenvalue weighted by atomic mass is 15.1. The van der Waals surface area contributed by atoms with Crippen LogP contribution in [0.15, 0.2) is 24.3 Å². The minimum absolute atomic E-state index is 0.744. The summed E-state index contributed by atoms with van der Waals surface area (Å²) in [5.41, 5.74) is 8.44. The maximum Gasteiger partial charge on any atom is -0.00130 e. The van der Waals surface area contributed by atoms with E-state index in [9.17, 15) is 0 Å². The minimum Gasteiger partial charge on any atom is -0.330 e. The molecule has 1 heterocycles. The Bertz CT molecular complexity index is 323. The normalized spacial score (nSPS) is 18.5. The lowest BCUT2D eigenvalue weighted by molar-refractivity contribution is 0.222. The molecular formula is C15H24N2. The lowest BCUT2D eigenvalue weighted by Crippen LogP contribution is -2.32. The van der Waals surface area contributed by atoms with Crippen LogP contribution in [0.25, 0.3) is 0 Å². The summed E-state index contributed by atoms with van der Waals surface area (Å²) in [5, 5.41) is 0. The first-order valence-electron chi connectivity index (χ1n) is 6.84. The molecule has 1 fully saturated rings. The van der Waals surface area contributed by atoms with Crippen molar-refractivity contribution < 1.29 is 0 Å². The predicted molar refractivity (Wildman–Crippen MR) is 73.3 cm³/mol. The fourth-order valence-electron chi connectivity index (χ4n) is 2.71. The highest BCUT2D eigenvalue weighted by Gasteiger charge is 2.19. The Balaban J connectivity index is 1.94. The molecule has 0 aromatic heterocycles. The van der Waals surface area contributed by atoms with Crippen molar-refractivity contribution in [3.05, 3.63) is 35.4 Å². The molecule has 0 atom stereocenters. The SMILES string of the molecule is CCN1CCC(c2ccc(CCN)cc2)CC1. The fraction of sp³-hybridized carbons (Fsp3) is 0.600. The van der Waals surface area contributed by atoms with E-state index in [0.29, 0.717) is 0 Å². The number of likely N-dealkylation sites (tertiary alicyclic amines) is 1. The highest BCUT2D eigenvalue weighted by Crippen LogP contribution is 2.27. The molecule has 1 aromatic carbocycles. The largest absolute Gasteiger partial charge is 0.330 e. The number of benzene rings is 1. The maximum atomic E-state index is 5.57. The van der Waals surface area contributed by atoms with Crippen molar-refractivity contribution in [2.45, 2.75) is 32.1 Å². The van der Waals surface area contributed by atoms with Crippen molar-refractivity contribution in [2.24, 2.45) is 5.73 Å². The van der Waals surface area contributed by atoms with E-state index in [4.69, 9.17) is 5.73 Å². The monoisotopic (exact) mass is 232 g/mol. The molecule has 0 saturated carbocycles. The van der Waals surface area contributed by atoms with Crippen LogP contribution in [0, 0.1) is 0 Å². The van der Waals surface area contributed by atoms with Gasteiger partial charge < -0.3 is 10.6 Å². The zero-order valence-electron chi connectivity index (χ0n) is 10.9. The van der Waals surface area contributed by atoms with E-state index < -0.39 is 0 Å². The van der Waals surface area contributed by atoms with Crippen molar-refractivity contribution in [3.8, 4) is 0 Å². The number of hydrogen-bond donors (Lipinski definition) is 1. The third-order valence-electron chi connectivity index (χ3n) is 3.92. The van der Waals surface area contributed by atoms with Gasteiger partial charge in [-0.3, -0.25) is 0 Å². The van der Waals surface area contributed by atoms with Crippen LogP contribution in [0.3, 0.4) is 0 Å². The van der Waals surface area contributed by atoms with Crippen LogP contribution in [0.4, 0.5) is 0 Å². The minimum atomic E-state index is 0.744. The Morgan fingerprint density at radius 3 is 2.35 bits per heavy atom. The van der Waals surface area contributed by atoms with Gasteiger partial charge in [-0.1, -0.05) is 31.2 Å². The van der Waals surface area contributed by atoms with Gasteiger partial charge in [-0.25, -0.2) is 0 Å². The van der Waals surface area contributed by atoms with E-state index in [0.717, 1.165) is 18.9 Å². The van der Waals surface area contributed by atoms with E-state index in [1.807, 2.05) is 0 Å². The predicted octanol–water partition coefficient (Wildman–Crippen LogP) is 2.39. The molecular weight excluding hydrogens is 208 g/mol. The molecule has 2 rings (SSSR count). The summed E-state index contributed by atoms with van der Waals surface area (Å²) >= 11 is 0. The van der Waals surface area contributed by atoms with Crippen molar-refractivity contribution >= 4 is 0 Å². The van der Waals surface area contributed by atoms with Crippen LogP contribution in [-0.4, -0.2) is 31.1 Å². The molecule has 2 nitrogen and oxygen atoms in total. The molecule has 0 amide bonds. The van der Waals surface area contributed by atoms with Gasteiger partial charge in [-0.2, -0.15) is 0 Å². The first-order chi connectivity index (χ1) is 8.33. The van der Waals surface area contributed by atoms with Crippen LogP contribution in [0.1, 0.15) is 36.8 Å². The quantitative estimate of drug-likeness (QED) is 0.863. The van der Waals surface area contributed by atoms with Gasteiger partial charge in [0.15, 0.2) is 0 Å². The average molecular weight is 232 g/mol. The van der Waals surface area contributed by atoms with E-state index in [2.05, 4.69) is 36.1 Å². The fourth-order valence-corrected chi connectivity index (χ4v) is 2.71. The summed E-state index contributed by atoms with van der Waals surface area (Å²) in [6.07, 6.45) is 3.61. The van der Waals surface area contributed by atoms with Gasteiger partial charge in [0.1, 0.15) is 0 Å². The molecule has 0 unspecified atom stereocenters. The van der Waals surface area contributed by atoms with Gasteiger partial charge in [-0.15, -0.1) is 0 Å². The highest BCUT2D eigenvalue weighted by molar-refractivity contribution is 5.26. The molecule has 0 aliphatic carbocycles. The number of nitrogens with two attached hydrogens (primary N) is 1. The van der Waals surface area contributed by atoms with Crippen molar-refractivity contribution in [1.82, 2.24) is 4.90 Å². The second-order valence-corrected chi connectivity index (χ2v) is 4.99. The van der Waals surface area contributed by atoms with E-state index in [1.165, 1.54) is 43.6 Å². The third-order valence-corrected chi connectivity index (χ3v) is 3.92. The van der Waals surface area contributed by atoms with Gasteiger partial charge in [0.25, 0.3) is 0 Å². The summed E-state index contributed by atoms with van der Waals surface area (Å²) < 4.78 is 0. The topological polar surface area (TPSA) is 29.3 Å². The van der Waals surface area contributed by atoms with Crippen molar-refractivity contribution in [1.29, 1.82) is 0 Å². The van der Waals surface area contributed by atoms with Crippen LogP contribution < -0.4 is 5.73 Å². The Labute approximate surface area is 105 Å². The number of hydrogen-bond acceptors (Lipinski definition) is 2. The Hall–Kier alpha value is -0.860. The maximum absolute atomic E-state index is 5.57. The standard InChI is InChI=1S/C15H24N2/c1-2-17-11-8-15(9-12-17)14-5-3-13(4-6-14)7-10-16/h3-6,15H,2,7-12,16H2,1H3. The summed E-state index contributed by atoms with van der Waals surface area (Å²) in [6.45, 7) is 6.70. The van der Waals surface area contributed by atoms with E-state index in [-0.39, 0.29) is 0 Å². The van der Waals surface area contributed by atoms with Gasteiger partial charge in [-0.05, 0) is 62.5 Å². The van der Waals surface area contributed by atoms with Gasteiger partial charge in [0.05, 0.1) is 0 Å². The van der Waals surface area contributed by atoms with E-state index >= 15 is 0 Å². The molecule has 1 aromatic rings. The van der Waals surface area contributed by atoms with Gasteiger partial charge >= 0.3 is 0 Å². The van der Waals surface area contributed by atoms with E-state index in [1.54, 1.807) is 0 Å². The Morgan fingerprint density at radius 1 is 1.18 bits per heavy atom. The molecule has 0 radical (unpaired) electrons. The molecule has 94 valence electrons. The molecule has 1 aliphatic rings. The summed E-state index contributed by atoms with van der Waals surface area (Å²) in [5.74, 6) is 0.768. The van der Waals surface area contributed by atoms with Crippen LogP contribution in [0.5, 0.6) is 0 Å². The Kier molecular flexibility index (Phi) is 4.57.